The number of hydrogen-bond donors (Lipinski definition) is 1. The Hall–Kier alpha value is -0.210. The summed E-state index contributed by atoms with van der Waals surface area (Å²) in [5, 5.41) is 2.00. The lowest BCUT2D eigenvalue weighted by atomic mass is 10.2. The Morgan fingerprint density at radius 2 is 2.21 bits per heavy atom. The fraction of sp³-hybridized carbons (Fsp3) is 0.333. The fourth-order valence-electron chi connectivity index (χ4n) is 1.66. The van der Waals surface area contributed by atoms with Crippen LogP contribution in [0.4, 0.5) is 0 Å². The van der Waals surface area contributed by atoms with Crippen LogP contribution in [0.15, 0.2) is 31.6 Å². The first-order valence-corrected chi connectivity index (χ1v) is 9.66. The second-order valence-corrected chi connectivity index (χ2v) is 9.67. The second-order valence-electron chi connectivity index (χ2n) is 4.33. The molecule has 1 N–H and O–H groups in total. The lowest BCUT2D eigenvalue weighted by Crippen LogP contribution is -2.33. The molecule has 0 aromatic carbocycles. The highest BCUT2D eigenvalue weighted by molar-refractivity contribution is 9.11. The van der Waals surface area contributed by atoms with Gasteiger partial charge in [-0.1, -0.05) is 6.07 Å². The lowest BCUT2D eigenvalue weighted by Gasteiger charge is -2.12. The van der Waals surface area contributed by atoms with Crippen molar-refractivity contribution in [3.63, 3.8) is 0 Å². The van der Waals surface area contributed by atoms with Crippen LogP contribution in [-0.2, 0) is 16.4 Å². The molecule has 19 heavy (non-hydrogen) atoms. The average Bonchev–Trinajstić information content (AvgIpc) is 2.89. The minimum absolute atomic E-state index is 0.121. The normalized spacial score (nSPS) is 13.6. The van der Waals surface area contributed by atoms with E-state index in [1.54, 1.807) is 17.4 Å². The SMILES string of the molecule is Cc1cc(S(=O)(=O)NC(C)Cc2cccs2)sc1Br. The summed E-state index contributed by atoms with van der Waals surface area (Å²) in [6.07, 6.45) is 0.711. The van der Waals surface area contributed by atoms with E-state index in [-0.39, 0.29) is 6.04 Å². The summed E-state index contributed by atoms with van der Waals surface area (Å²) in [5.74, 6) is 0. The lowest BCUT2D eigenvalue weighted by molar-refractivity contribution is 0.562. The molecule has 2 heterocycles. The molecular formula is C12H14BrNO2S3. The Bertz CT molecular complexity index is 627. The Balaban J connectivity index is 2.08. The molecule has 0 radical (unpaired) electrons. The highest BCUT2D eigenvalue weighted by Crippen LogP contribution is 2.30. The zero-order valence-corrected chi connectivity index (χ0v) is 14.5. The number of sulfonamides is 1. The van der Waals surface area contributed by atoms with E-state index in [0.717, 1.165) is 9.35 Å². The van der Waals surface area contributed by atoms with Gasteiger partial charge in [0.15, 0.2) is 0 Å². The van der Waals surface area contributed by atoms with E-state index in [1.165, 1.54) is 16.2 Å². The molecule has 0 aliphatic rings. The first-order chi connectivity index (χ1) is 8.88. The Labute approximate surface area is 129 Å². The second kappa shape index (κ2) is 6.05. The Morgan fingerprint density at radius 1 is 1.47 bits per heavy atom. The van der Waals surface area contributed by atoms with Crippen LogP contribution in [0.3, 0.4) is 0 Å². The van der Waals surface area contributed by atoms with Crippen LogP contribution in [0.5, 0.6) is 0 Å². The molecule has 1 unspecified atom stereocenters. The van der Waals surface area contributed by atoms with E-state index in [9.17, 15) is 8.42 Å². The molecule has 0 saturated carbocycles. The minimum atomic E-state index is -3.42. The van der Waals surface area contributed by atoms with Crippen LogP contribution in [0.25, 0.3) is 0 Å². The number of hydrogen-bond acceptors (Lipinski definition) is 4. The number of nitrogens with one attached hydrogen (secondary N) is 1. The maximum absolute atomic E-state index is 12.2. The largest absolute Gasteiger partial charge is 0.250 e. The van der Waals surface area contributed by atoms with Gasteiger partial charge in [-0.3, -0.25) is 0 Å². The first-order valence-electron chi connectivity index (χ1n) is 5.69. The van der Waals surface area contributed by atoms with E-state index in [2.05, 4.69) is 20.7 Å². The number of rotatable bonds is 5. The summed E-state index contributed by atoms with van der Waals surface area (Å²) in [6, 6.07) is 5.56. The Morgan fingerprint density at radius 3 is 2.74 bits per heavy atom. The van der Waals surface area contributed by atoms with Crippen LogP contribution in [0, 0.1) is 6.92 Å². The third-order valence-electron chi connectivity index (χ3n) is 2.54. The summed E-state index contributed by atoms with van der Waals surface area (Å²) in [5.41, 5.74) is 0.941. The summed E-state index contributed by atoms with van der Waals surface area (Å²) in [6.45, 7) is 3.77. The van der Waals surface area contributed by atoms with Crippen molar-refractivity contribution in [3.05, 3.63) is 37.8 Å². The molecule has 2 aromatic rings. The van der Waals surface area contributed by atoms with Crippen LogP contribution in [0.2, 0.25) is 0 Å². The molecular weight excluding hydrogens is 366 g/mol. The molecule has 104 valence electrons. The molecule has 0 aliphatic carbocycles. The summed E-state index contributed by atoms with van der Waals surface area (Å²) >= 11 is 6.23. The number of halogens is 1. The first kappa shape index (κ1) is 15.2. The number of aryl methyl sites for hydroxylation is 1. The highest BCUT2D eigenvalue weighted by Gasteiger charge is 2.20. The third-order valence-corrected chi connectivity index (χ3v) is 7.64. The molecule has 2 rings (SSSR count). The van der Waals surface area contributed by atoms with Crippen LogP contribution < -0.4 is 4.72 Å². The van der Waals surface area contributed by atoms with Crippen molar-refractivity contribution < 1.29 is 8.42 Å². The van der Waals surface area contributed by atoms with Gasteiger partial charge in [-0.2, -0.15) is 0 Å². The van der Waals surface area contributed by atoms with Crippen molar-refractivity contribution in [1.82, 2.24) is 4.72 Å². The average molecular weight is 380 g/mol. The summed E-state index contributed by atoms with van der Waals surface area (Å²) < 4.78 is 28.4. The van der Waals surface area contributed by atoms with Gasteiger partial charge >= 0.3 is 0 Å². The van der Waals surface area contributed by atoms with E-state index in [1.807, 2.05) is 31.4 Å². The molecule has 0 aliphatic heterocycles. The van der Waals surface area contributed by atoms with Crippen molar-refractivity contribution in [2.45, 2.75) is 30.5 Å². The predicted octanol–water partition coefficient (Wildman–Crippen LogP) is 3.79. The van der Waals surface area contributed by atoms with Crippen LogP contribution in [0.1, 0.15) is 17.4 Å². The van der Waals surface area contributed by atoms with Gasteiger partial charge in [-0.15, -0.1) is 22.7 Å². The molecule has 3 nitrogen and oxygen atoms in total. The monoisotopic (exact) mass is 379 g/mol. The van der Waals surface area contributed by atoms with Crippen LogP contribution >= 0.6 is 38.6 Å². The van der Waals surface area contributed by atoms with E-state index in [0.29, 0.717) is 10.6 Å². The molecule has 7 heteroatoms. The smallest absolute Gasteiger partial charge is 0.207 e. The van der Waals surface area contributed by atoms with Gasteiger partial charge < -0.3 is 0 Å². The summed E-state index contributed by atoms with van der Waals surface area (Å²) in [7, 11) is -3.42. The van der Waals surface area contributed by atoms with E-state index >= 15 is 0 Å². The zero-order valence-electron chi connectivity index (χ0n) is 10.5. The molecule has 0 saturated heterocycles. The van der Waals surface area contributed by atoms with Crippen molar-refractivity contribution in [2.24, 2.45) is 0 Å². The molecule has 0 bridgehead atoms. The zero-order chi connectivity index (χ0) is 14.0. The van der Waals surface area contributed by atoms with Crippen molar-refractivity contribution in [2.75, 3.05) is 0 Å². The van der Waals surface area contributed by atoms with Gasteiger partial charge in [0.2, 0.25) is 10.0 Å². The Kier molecular flexibility index (Phi) is 4.84. The van der Waals surface area contributed by atoms with Gasteiger partial charge in [0.1, 0.15) is 4.21 Å². The summed E-state index contributed by atoms with van der Waals surface area (Å²) in [4.78, 5) is 1.18. The minimum Gasteiger partial charge on any atom is -0.207 e. The standard InChI is InChI=1S/C12H14BrNO2S3/c1-8-6-11(18-12(8)13)19(15,16)14-9(2)7-10-4-3-5-17-10/h3-6,9,14H,7H2,1-2H3. The topological polar surface area (TPSA) is 46.2 Å². The molecule has 2 aromatic heterocycles. The van der Waals surface area contributed by atoms with Crippen molar-refractivity contribution in [3.8, 4) is 0 Å². The molecule has 0 fully saturated rings. The molecule has 1 atom stereocenters. The van der Waals surface area contributed by atoms with Crippen LogP contribution in [-0.4, -0.2) is 14.5 Å². The number of thiophene rings is 2. The fourth-order valence-corrected chi connectivity index (χ4v) is 5.98. The molecule has 0 amide bonds. The highest BCUT2D eigenvalue weighted by atomic mass is 79.9. The van der Waals surface area contributed by atoms with Gasteiger partial charge in [-0.05, 0) is 59.3 Å². The molecule has 0 spiro atoms. The van der Waals surface area contributed by atoms with Crippen molar-refractivity contribution >= 4 is 48.6 Å². The van der Waals surface area contributed by atoms with E-state index < -0.39 is 10.0 Å². The van der Waals surface area contributed by atoms with Gasteiger partial charge in [0, 0.05) is 10.9 Å². The maximum atomic E-state index is 12.2. The van der Waals surface area contributed by atoms with Gasteiger partial charge in [0.05, 0.1) is 3.79 Å². The van der Waals surface area contributed by atoms with Crippen molar-refractivity contribution in [1.29, 1.82) is 0 Å². The predicted molar refractivity (Wildman–Crippen MR) is 84.6 cm³/mol. The van der Waals surface area contributed by atoms with Gasteiger partial charge in [-0.25, -0.2) is 13.1 Å². The third kappa shape index (κ3) is 3.88. The van der Waals surface area contributed by atoms with Gasteiger partial charge in [0.25, 0.3) is 0 Å². The maximum Gasteiger partial charge on any atom is 0.250 e. The quantitative estimate of drug-likeness (QED) is 0.858. The van der Waals surface area contributed by atoms with E-state index in [4.69, 9.17) is 0 Å².